The van der Waals surface area contributed by atoms with E-state index >= 15 is 0 Å². The molecule has 1 N–H and O–H groups in total. The van der Waals surface area contributed by atoms with Crippen molar-refractivity contribution in [2.24, 2.45) is 0 Å². The molecule has 0 heterocycles. The van der Waals surface area contributed by atoms with Crippen LogP contribution in [0.25, 0.3) is 0 Å². The summed E-state index contributed by atoms with van der Waals surface area (Å²) in [5.74, 6) is 1.76. The molecule has 1 amide bonds. The van der Waals surface area contributed by atoms with E-state index in [1.807, 2.05) is 30.3 Å². The minimum Gasteiger partial charge on any atom is -0.458 e. The molecule has 1 unspecified atom stereocenters. The predicted octanol–water partition coefficient (Wildman–Crippen LogP) is 2.65. The number of amides is 1. The molecular weight excluding hydrogens is 282 g/mol. The number of rotatable bonds is 5. The summed E-state index contributed by atoms with van der Waals surface area (Å²) >= 11 is 0. The van der Waals surface area contributed by atoms with E-state index in [1.165, 1.54) is 0 Å². The number of terminal acetylenes is 1. The normalized spacial score (nSPS) is 11.9. The summed E-state index contributed by atoms with van der Waals surface area (Å²) in [5.41, 5.74) is 0.197. The van der Waals surface area contributed by atoms with Gasteiger partial charge in [0.1, 0.15) is 18.2 Å². The number of hydrogen-bond donors (Lipinski definition) is 1. The number of alkyl carbamates (subject to hydrolysis) is 1. The molecule has 0 aliphatic heterocycles. The van der Waals surface area contributed by atoms with Crippen molar-refractivity contribution in [3.05, 3.63) is 35.9 Å². The van der Waals surface area contributed by atoms with Crippen molar-refractivity contribution in [2.75, 3.05) is 0 Å². The number of esters is 1. The van der Waals surface area contributed by atoms with Gasteiger partial charge in [0.15, 0.2) is 0 Å². The Kier molecular flexibility index (Phi) is 6.46. The van der Waals surface area contributed by atoms with Crippen molar-refractivity contribution in [1.29, 1.82) is 0 Å². The molecule has 0 bridgehead atoms. The van der Waals surface area contributed by atoms with Gasteiger partial charge in [-0.2, -0.15) is 0 Å². The highest BCUT2D eigenvalue weighted by Crippen LogP contribution is 2.10. The minimum atomic E-state index is -0.924. The number of hydrogen-bond acceptors (Lipinski definition) is 4. The summed E-state index contributed by atoms with van der Waals surface area (Å²) in [6.07, 6.45) is 4.55. The molecule has 0 aliphatic rings. The van der Waals surface area contributed by atoms with Gasteiger partial charge in [-0.15, -0.1) is 12.3 Å². The van der Waals surface area contributed by atoms with Crippen LogP contribution in [-0.4, -0.2) is 23.7 Å². The lowest BCUT2D eigenvalue weighted by molar-refractivity contribution is -0.157. The van der Waals surface area contributed by atoms with E-state index in [4.69, 9.17) is 15.9 Å². The van der Waals surface area contributed by atoms with Crippen LogP contribution in [0, 0.1) is 12.3 Å². The predicted molar refractivity (Wildman–Crippen MR) is 82.8 cm³/mol. The Labute approximate surface area is 131 Å². The van der Waals surface area contributed by atoms with Crippen LogP contribution in [-0.2, 0) is 20.9 Å². The summed E-state index contributed by atoms with van der Waals surface area (Å²) in [4.78, 5) is 23.7. The Morgan fingerprint density at radius 1 is 1.27 bits per heavy atom. The number of carbonyl (C=O) groups excluding carboxylic acids is 2. The second-order valence-electron chi connectivity index (χ2n) is 5.70. The largest absolute Gasteiger partial charge is 0.458 e. The van der Waals surface area contributed by atoms with Gasteiger partial charge in [-0.1, -0.05) is 30.3 Å². The zero-order chi connectivity index (χ0) is 16.6. The van der Waals surface area contributed by atoms with Crippen molar-refractivity contribution >= 4 is 12.1 Å². The molecule has 0 aliphatic carbocycles. The van der Waals surface area contributed by atoms with Gasteiger partial charge in [0.25, 0.3) is 0 Å². The highest BCUT2D eigenvalue weighted by atomic mass is 16.6. The molecule has 0 saturated carbocycles. The van der Waals surface area contributed by atoms with Gasteiger partial charge in [-0.25, -0.2) is 9.59 Å². The van der Waals surface area contributed by atoms with Gasteiger partial charge in [-0.05, 0) is 26.3 Å². The highest BCUT2D eigenvalue weighted by Gasteiger charge is 2.26. The van der Waals surface area contributed by atoms with Gasteiger partial charge in [0.2, 0.25) is 0 Å². The van der Waals surface area contributed by atoms with Crippen LogP contribution < -0.4 is 5.32 Å². The first-order valence-corrected chi connectivity index (χ1v) is 6.95. The van der Waals surface area contributed by atoms with Gasteiger partial charge < -0.3 is 14.8 Å². The third-order valence-corrected chi connectivity index (χ3v) is 2.52. The maximum Gasteiger partial charge on any atom is 0.408 e. The lowest BCUT2D eigenvalue weighted by Gasteiger charge is -2.23. The number of nitrogens with one attached hydrogen (secondary N) is 1. The molecule has 0 fully saturated rings. The Hall–Kier alpha value is -2.48. The molecule has 1 aromatic rings. The molecule has 0 aromatic heterocycles. The van der Waals surface area contributed by atoms with Gasteiger partial charge >= 0.3 is 12.1 Å². The van der Waals surface area contributed by atoms with Crippen LogP contribution in [0.4, 0.5) is 4.79 Å². The van der Waals surface area contributed by atoms with Crippen LogP contribution in [0.15, 0.2) is 30.3 Å². The van der Waals surface area contributed by atoms with E-state index in [2.05, 4.69) is 11.2 Å². The van der Waals surface area contributed by atoms with Gasteiger partial charge in [-0.3, -0.25) is 0 Å². The van der Waals surface area contributed by atoms with Crippen LogP contribution in [0.3, 0.4) is 0 Å². The lowest BCUT2D eigenvalue weighted by Crippen LogP contribution is -2.44. The number of benzene rings is 1. The van der Waals surface area contributed by atoms with E-state index in [1.54, 1.807) is 20.8 Å². The van der Waals surface area contributed by atoms with Crippen LogP contribution in [0.1, 0.15) is 32.8 Å². The first-order chi connectivity index (χ1) is 10.3. The monoisotopic (exact) mass is 303 g/mol. The highest BCUT2D eigenvalue weighted by molar-refractivity contribution is 5.81. The summed E-state index contributed by atoms with van der Waals surface area (Å²) in [6.45, 7) is 5.34. The van der Waals surface area contributed by atoms with Gasteiger partial charge in [0.05, 0.1) is 0 Å². The molecule has 0 saturated heterocycles. The SMILES string of the molecule is C#CCC(NC(=O)OCc1ccccc1)C(=O)OC(C)(C)C. The standard InChI is InChI=1S/C17H21NO4/c1-5-9-14(15(19)22-17(2,3)4)18-16(20)21-12-13-10-7-6-8-11-13/h1,6-8,10-11,14H,9,12H2,2-4H3,(H,18,20). The second kappa shape index (κ2) is 8.08. The van der Waals surface area contributed by atoms with Crippen LogP contribution in [0.2, 0.25) is 0 Å². The summed E-state index contributed by atoms with van der Waals surface area (Å²) in [7, 11) is 0. The van der Waals surface area contributed by atoms with Crippen molar-refractivity contribution in [1.82, 2.24) is 5.32 Å². The minimum absolute atomic E-state index is 0.0371. The Balaban J connectivity index is 2.53. The number of ether oxygens (including phenoxy) is 2. The molecule has 1 aromatic carbocycles. The fraction of sp³-hybridized carbons (Fsp3) is 0.412. The Morgan fingerprint density at radius 2 is 1.91 bits per heavy atom. The smallest absolute Gasteiger partial charge is 0.408 e. The third kappa shape index (κ3) is 6.80. The maximum absolute atomic E-state index is 12.0. The molecular formula is C17H21NO4. The second-order valence-corrected chi connectivity index (χ2v) is 5.70. The molecule has 5 nitrogen and oxygen atoms in total. The first-order valence-electron chi connectivity index (χ1n) is 6.95. The van der Waals surface area contributed by atoms with E-state index < -0.39 is 23.7 Å². The van der Waals surface area contributed by atoms with Crippen molar-refractivity contribution in [3.8, 4) is 12.3 Å². The van der Waals surface area contributed by atoms with Crippen molar-refractivity contribution in [3.63, 3.8) is 0 Å². The molecule has 0 radical (unpaired) electrons. The maximum atomic E-state index is 12.0. The molecule has 1 atom stereocenters. The number of carbonyl (C=O) groups is 2. The van der Waals surface area contributed by atoms with Crippen molar-refractivity contribution in [2.45, 2.75) is 45.4 Å². The lowest BCUT2D eigenvalue weighted by atomic mass is 10.1. The Morgan fingerprint density at radius 3 is 2.45 bits per heavy atom. The average molecular weight is 303 g/mol. The Bertz CT molecular complexity index is 540. The van der Waals surface area contributed by atoms with E-state index in [9.17, 15) is 9.59 Å². The fourth-order valence-electron chi connectivity index (χ4n) is 1.59. The van der Waals surface area contributed by atoms with Gasteiger partial charge in [0, 0.05) is 6.42 Å². The molecule has 0 spiro atoms. The quantitative estimate of drug-likeness (QED) is 0.671. The molecule has 1 rings (SSSR count). The average Bonchev–Trinajstić information content (AvgIpc) is 2.44. The summed E-state index contributed by atoms with van der Waals surface area (Å²) in [6, 6.07) is 8.30. The van der Waals surface area contributed by atoms with Crippen LogP contribution in [0.5, 0.6) is 0 Å². The zero-order valence-electron chi connectivity index (χ0n) is 13.1. The molecule has 22 heavy (non-hydrogen) atoms. The summed E-state index contributed by atoms with van der Waals surface area (Å²) in [5, 5.41) is 2.43. The van der Waals surface area contributed by atoms with E-state index in [0.29, 0.717) is 0 Å². The third-order valence-electron chi connectivity index (χ3n) is 2.52. The fourth-order valence-corrected chi connectivity index (χ4v) is 1.59. The molecule has 118 valence electrons. The summed E-state index contributed by atoms with van der Waals surface area (Å²) < 4.78 is 10.3. The van der Waals surface area contributed by atoms with Crippen LogP contribution >= 0.6 is 0 Å². The van der Waals surface area contributed by atoms with E-state index in [0.717, 1.165) is 5.56 Å². The first kappa shape index (κ1) is 17.6. The zero-order valence-corrected chi connectivity index (χ0v) is 13.1. The van der Waals surface area contributed by atoms with E-state index in [-0.39, 0.29) is 13.0 Å². The van der Waals surface area contributed by atoms with Crippen molar-refractivity contribution < 1.29 is 19.1 Å². The molecule has 5 heteroatoms. The topological polar surface area (TPSA) is 64.6 Å².